The number of unbranched alkanes of at least 4 members (excludes halogenated alkanes) is 4. The summed E-state index contributed by atoms with van der Waals surface area (Å²) >= 11 is 0. The largest absolute Gasteiger partial charge is 0.325 e. The molecule has 0 aromatic heterocycles. The van der Waals surface area contributed by atoms with Crippen LogP contribution in [0.3, 0.4) is 0 Å². The predicted octanol–water partition coefficient (Wildman–Crippen LogP) is 2.57. The Morgan fingerprint density at radius 3 is 1.71 bits per heavy atom. The first kappa shape index (κ1) is 16.5. The predicted molar refractivity (Wildman–Crippen MR) is 56.9 cm³/mol. The van der Waals surface area contributed by atoms with Crippen LogP contribution in [0.2, 0.25) is 0 Å². The molecule has 0 fully saturated rings. The summed E-state index contributed by atoms with van der Waals surface area (Å²) in [4.78, 5) is 15.9. The second-order valence-electron chi connectivity index (χ2n) is 3.10. The Hall–Kier alpha value is 0.110. The number of hydrogen-bond donors (Lipinski definition) is 2. The highest BCUT2D eigenvalue weighted by molar-refractivity contribution is 7.51. The van der Waals surface area contributed by atoms with Gasteiger partial charge in [0.15, 0.2) is 0 Å². The Morgan fingerprint density at radius 1 is 1.00 bits per heavy atom. The molecular formula is C9H22O4P. The summed E-state index contributed by atoms with van der Waals surface area (Å²) in [5, 5.41) is 9.89. The molecule has 2 N–H and O–H groups in total. The number of hydrogen-bond acceptors (Lipinski definition) is 1. The molecule has 1 radical (unpaired) electrons. The molecule has 0 rings (SSSR count). The molecule has 0 spiro atoms. The van der Waals surface area contributed by atoms with E-state index in [0.717, 1.165) is 12.8 Å². The van der Waals surface area contributed by atoms with E-state index in [2.05, 4.69) is 6.92 Å². The van der Waals surface area contributed by atoms with Crippen molar-refractivity contribution in [2.75, 3.05) is 12.8 Å². The van der Waals surface area contributed by atoms with E-state index < -0.39 is 7.60 Å². The van der Waals surface area contributed by atoms with Crippen LogP contribution in [-0.2, 0) is 9.67 Å². The van der Waals surface area contributed by atoms with Crippen LogP contribution in [0.15, 0.2) is 0 Å². The van der Waals surface area contributed by atoms with Crippen LogP contribution < -0.4 is 0 Å². The molecule has 0 aromatic rings. The van der Waals surface area contributed by atoms with Crippen molar-refractivity contribution in [3.05, 3.63) is 0 Å². The third-order valence-corrected chi connectivity index (χ3v) is 2.48. The van der Waals surface area contributed by atoms with Crippen LogP contribution in [-0.4, -0.2) is 22.6 Å². The molecule has 0 atom stereocenters. The topological polar surface area (TPSA) is 77.4 Å². The fraction of sp³-hybridized carbons (Fsp3) is 1.00. The van der Waals surface area contributed by atoms with Crippen LogP contribution in [0, 0.1) is 0 Å². The van der Waals surface area contributed by atoms with Gasteiger partial charge < -0.3 is 9.79 Å². The van der Waals surface area contributed by atoms with E-state index in [-0.39, 0.29) is 12.8 Å². The Labute approximate surface area is 86.5 Å². The van der Waals surface area contributed by atoms with E-state index >= 15 is 0 Å². The van der Waals surface area contributed by atoms with Gasteiger partial charge in [0.25, 0.3) is 0 Å². The minimum absolute atomic E-state index is 0.0625. The minimum Gasteiger partial charge on any atom is -0.324 e. The van der Waals surface area contributed by atoms with Gasteiger partial charge in [-0.05, 0) is 6.42 Å². The van der Waals surface area contributed by atoms with E-state index in [9.17, 15) is 9.67 Å². The van der Waals surface area contributed by atoms with E-state index in [1.807, 2.05) is 0 Å². The summed E-state index contributed by atoms with van der Waals surface area (Å²) in [5.41, 5.74) is 0. The van der Waals surface area contributed by atoms with Crippen LogP contribution >= 0.6 is 7.60 Å². The van der Waals surface area contributed by atoms with Gasteiger partial charge in [0.2, 0.25) is 0 Å². The van der Waals surface area contributed by atoms with Gasteiger partial charge in [-0.3, -0.25) is 4.57 Å². The van der Waals surface area contributed by atoms with Crippen molar-refractivity contribution in [1.82, 2.24) is 0 Å². The molecule has 4 nitrogen and oxygen atoms in total. The lowest BCUT2D eigenvalue weighted by molar-refractivity contribution is 0.186. The summed E-state index contributed by atoms with van der Waals surface area (Å²) < 4.78 is 9.69. The lowest BCUT2D eigenvalue weighted by atomic mass is 10.2. The maximum absolute atomic E-state index is 9.89. The monoisotopic (exact) mass is 225 g/mol. The Morgan fingerprint density at radius 2 is 1.43 bits per heavy atom. The van der Waals surface area contributed by atoms with Crippen molar-refractivity contribution in [1.29, 1.82) is 0 Å². The fourth-order valence-electron chi connectivity index (χ4n) is 0.706. The highest BCUT2D eigenvalue weighted by Crippen LogP contribution is 2.32. The van der Waals surface area contributed by atoms with Crippen molar-refractivity contribution < 1.29 is 19.5 Å². The van der Waals surface area contributed by atoms with Crippen LogP contribution in [0.1, 0.15) is 46.0 Å². The first-order valence-corrected chi connectivity index (χ1v) is 6.90. The quantitative estimate of drug-likeness (QED) is 0.538. The highest BCUT2D eigenvalue weighted by Gasteiger charge is 2.05. The molecule has 0 aliphatic heterocycles. The molecule has 0 unspecified atom stereocenters. The van der Waals surface area contributed by atoms with Gasteiger partial charge in [0.05, 0.1) is 6.61 Å². The molecule has 0 aromatic carbocycles. The molecule has 87 valence electrons. The molecule has 0 saturated carbocycles. The first-order chi connectivity index (χ1) is 6.47. The third kappa shape index (κ3) is 22.7. The Balaban J connectivity index is 0. The van der Waals surface area contributed by atoms with Gasteiger partial charge in [-0.1, -0.05) is 39.5 Å². The van der Waals surface area contributed by atoms with E-state index in [4.69, 9.17) is 9.79 Å². The maximum Gasteiger partial charge on any atom is 0.325 e. The zero-order chi connectivity index (χ0) is 11.4. The summed E-state index contributed by atoms with van der Waals surface area (Å²) in [6.07, 6.45) is 5.75. The average Bonchev–Trinajstić information content (AvgIpc) is 2.13. The minimum atomic E-state index is -3.65. The molecule has 0 amide bonds. The smallest absolute Gasteiger partial charge is 0.324 e. The Kier molecular flexibility index (Phi) is 13.2. The molecule has 0 aliphatic carbocycles. The molecule has 5 heteroatoms. The molecule has 0 bridgehead atoms. The zero-order valence-corrected chi connectivity index (χ0v) is 10.0. The van der Waals surface area contributed by atoms with Gasteiger partial charge in [-0.2, -0.15) is 0 Å². The molecular weight excluding hydrogens is 203 g/mol. The van der Waals surface area contributed by atoms with Crippen molar-refractivity contribution in [2.24, 2.45) is 0 Å². The van der Waals surface area contributed by atoms with Gasteiger partial charge >= 0.3 is 7.60 Å². The van der Waals surface area contributed by atoms with Crippen LogP contribution in [0.4, 0.5) is 0 Å². The highest BCUT2D eigenvalue weighted by atomic mass is 31.2. The van der Waals surface area contributed by atoms with E-state index in [0.29, 0.717) is 0 Å². The van der Waals surface area contributed by atoms with Crippen LogP contribution in [0.5, 0.6) is 0 Å². The lowest BCUT2D eigenvalue weighted by Gasteiger charge is -1.92. The number of rotatable bonds is 6. The van der Waals surface area contributed by atoms with Gasteiger partial charge in [-0.25, -0.2) is 5.11 Å². The second-order valence-corrected chi connectivity index (χ2v) is 5.06. The second kappa shape index (κ2) is 11.2. The maximum atomic E-state index is 9.89. The van der Waals surface area contributed by atoms with Gasteiger partial charge in [-0.15, -0.1) is 0 Å². The van der Waals surface area contributed by atoms with Crippen molar-refractivity contribution in [2.45, 2.75) is 46.0 Å². The van der Waals surface area contributed by atoms with Crippen molar-refractivity contribution in [3.63, 3.8) is 0 Å². The lowest BCUT2D eigenvalue weighted by Crippen LogP contribution is -1.80. The van der Waals surface area contributed by atoms with Crippen LogP contribution in [0.25, 0.3) is 0 Å². The fourth-order valence-corrected chi connectivity index (χ4v) is 0.706. The molecule has 0 saturated heterocycles. The standard InChI is InChI=1S/C7H15O.C2H7O3P/c1-2-3-4-5-6-7-8;1-2-6(3,4)5/h2-7H2,1H3;2H2,1H3,(H2,3,4,5). The first-order valence-electron chi connectivity index (χ1n) is 5.10. The van der Waals surface area contributed by atoms with Crippen molar-refractivity contribution in [3.8, 4) is 0 Å². The van der Waals surface area contributed by atoms with E-state index in [1.54, 1.807) is 0 Å². The average molecular weight is 225 g/mol. The molecule has 0 heterocycles. The third-order valence-electron chi connectivity index (χ3n) is 1.66. The van der Waals surface area contributed by atoms with Gasteiger partial charge in [0.1, 0.15) is 0 Å². The summed E-state index contributed by atoms with van der Waals surface area (Å²) in [6, 6.07) is 0. The summed E-state index contributed by atoms with van der Waals surface area (Å²) in [6.45, 7) is 3.74. The summed E-state index contributed by atoms with van der Waals surface area (Å²) in [5.74, 6) is 0. The van der Waals surface area contributed by atoms with Gasteiger partial charge in [0, 0.05) is 6.16 Å². The molecule has 0 aliphatic rings. The zero-order valence-electron chi connectivity index (χ0n) is 9.11. The SMILES string of the molecule is CCCCCCC[O].CCP(=O)(O)O. The molecule has 14 heavy (non-hydrogen) atoms. The normalized spacial score (nSPS) is 10.6. The van der Waals surface area contributed by atoms with E-state index in [1.165, 1.54) is 26.2 Å². The summed E-state index contributed by atoms with van der Waals surface area (Å²) in [7, 11) is -3.65. The van der Waals surface area contributed by atoms with Crippen molar-refractivity contribution >= 4 is 7.60 Å². The Bertz CT molecular complexity index is 138.